The standard InChI is InChI=1S/C31H21F6NOS/c32-30(33,34)24-13-6-11-22(17-24)29(19-20-8-2-1-3-9-20,23-12-7-14-25(18-23)31(35,36)37)38-28(39)27-16-21-10-4-5-15-26(21)40-27/h1-18H,19H2,(H,38,39). The first-order valence-corrected chi connectivity index (χ1v) is 13.0. The second-order valence-electron chi connectivity index (χ2n) is 9.33. The van der Waals surface area contributed by atoms with E-state index in [0.717, 1.165) is 34.4 Å². The van der Waals surface area contributed by atoms with Crippen molar-refractivity contribution in [2.24, 2.45) is 0 Å². The lowest BCUT2D eigenvalue weighted by atomic mass is 9.76. The number of nitrogens with one attached hydrogen (secondary N) is 1. The quantitative estimate of drug-likeness (QED) is 0.203. The van der Waals surface area contributed by atoms with Gasteiger partial charge < -0.3 is 5.32 Å². The molecule has 0 spiro atoms. The number of thiophene rings is 1. The van der Waals surface area contributed by atoms with Gasteiger partial charge in [-0.3, -0.25) is 4.79 Å². The molecule has 0 aliphatic carbocycles. The van der Waals surface area contributed by atoms with E-state index in [-0.39, 0.29) is 22.4 Å². The molecule has 2 nitrogen and oxygen atoms in total. The lowest BCUT2D eigenvalue weighted by Gasteiger charge is -2.37. The molecule has 9 heteroatoms. The van der Waals surface area contributed by atoms with Crippen LogP contribution >= 0.6 is 11.3 Å². The molecule has 0 fully saturated rings. The third kappa shape index (κ3) is 5.60. The first-order valence-electron chi connectivity index (χ1n) is 12.2. The highest BCUT2D eigenvalue weighted by molar-refractivity contribution is 7.20. The molecular formula is C31H21F6NOS. The minimum Gasteiger partial charge on any atom is -0.337 e. The average Bonchev–Trinajstić information content (AvgIpc) is 3.37. The number of rotatable bonds is 6. The van der Waals surface area contributed by atoms with Crippen molar-refractivity contribution in [2.75, 3.05) is 0 Å². The Morgan fingerprint density at radius 1 is 0.625 bits per heavy atom. The van der Waals surface area contributed by atoms with Crippen LogP contribution in [0.1, 0.15) is 37.5 Å². The molecule has 4 aromatic carbocycles. The van der Waals surface area contributed by atoms with E-state index < -0.39 is 34.9 Å². The summed E-state index contributed by atoms with van der Waals surface area (Å²) in [7, 11) is 0. The number of carbonyl (C=O) groups excluding carboxylic acids is 1. The first-order chi connectivity index (χ1) is 19.0. The van der Waals surface area contributed by atoms with E-state index in [4.69, 9.17) is 0 Å². The topological polar surface area (TPSA) is 29.1 Å². The molecule has 1 aromatic heterocycles. The predicted octanol–water partition coefficient (Wildman–Crippen LogP) is 8.86. The Labute approximate surface area is 229 Å². The average molecular weight is 570 g/mol. The Hall–Kier alpha value is -4.11. The van der Waals surface area contributed by atoms with Crippen LogP contribution in [0.4, 0.5) is 26.3 Å². The van der Waals surface area contributed by atoms with Gasteiger partial charge in [-0.15, -0.1) is 11.3 Å². The number of alkyl halides is 6. The maximum absolute atomic E-state index is 13.8. The van der Waals surface area contributed by atoms with Crippen LogP contribution in [0.2, 0.25) is 0 Å². The lowest BCUT2D eigenvalue weighted by molar-refractivity contribution is -0.138. The molecule has 0 radical (unpaired) electrons. The molecule has 1 N–H and O–H groups in total. The molecule has 204 valence electrons. The van der Waals surface area contributed by atoms with Crippen LogP contribution < -0.4 is 5.32 Å². The number of benzene rings is 4. The fourth-order valence-corrected chi connectivity index (χ4v) is 5.69. The van der Waals surface area contributed by atoms with Crippen LogP contribution in [0.15, 0.2) is 109 Å². The van der Waals surface area contributed by atoms with Gasteiger partial charge in [-0.25, -0.2) is 0 Å². The van der Waals surface area contributed by atoms with E-state index in [9.17, 15) is 31.1 Å². The summed E-state index contributed by atoms with van der Waals surface area (Å²) in [6.07, 6.45) is -9.53. The summed E-state index contributed by atoms with van der Waals surface area (Å²) in [5, 5.41) is 3.68. The zero-order valence-electron chi connectivity index (χ0n) is 20.7. The van der Waals surface area contributed by atoms with Crippen molar-refractivity contribution in [3.63, 3.8) is 0 Å². The molecule has 0 unspecified atom stereocenters. The fourth-order valence-electron chi connectivity index (χ4n) is 4.73. The maximum atomic E-state index is 13.8. The van der Waals surface area contributed by atoms with Gasteiger partial charge >= 0.3 is 12.4 Å². The van der Waals surface area contributed by atoms with Crippen molar-refractivity contribution in [2.45, 2.75) is 24.3 Å². The Balaban J connectivity index is 1.75. The SMILES string of the molecule is O=C(NC(Cc1ccccc1)(c1cccc(C(F)(F)F)c1)c1cccc(C(F)(F)F)c1)c1cc2ccccc2s1. The van der Waals surface area contributed by atoms with E-state index in [1.807, 2.05) is 24.3 Å². The van der Waals surface area contributed by atoms with Crippen LogP contribution in [0.5, 0.6) is 0 Å². The van der Waals surface area contributed by atoms with E-state index >= 15 is 0 Å². The number of hydrogen-bond acceptors (Lipinski definition) is 2. The van der Waals surface area contributed by atoms with Crippen molar-refractivity contribution in [1.82, 2.24) is 5.32 Å². The lowest BCUT2D eigenvalue weighted by Crippen LogP contribution is -2.48. The Kier molecular flexibility index (Phi) is 7.18. The predicted molar refractivity (Wildman–Crippen MR) is 143 cm³/mol. The number of fused-ring (bicyclic) bond motifs is 1. The van der Waals surface area contributed by atoms with E-state index in [1.165, 1.54) is 35.6 Å². The molecule has 1 amide bonds. The summed E-state index contributed by atoms with van der Waals surface area (Å²) in [6, 6.07) is 26.2. The zero-order chi connectivity index (χ0) is 28.5. The molecule has 0 saturated heterocycles. The normalized spacial score (nSPS) is 12.4. The van der Waals surface area contributed by atoms with Gasteiger partial charge in [0.1, 0.15) is 0 Å². The second-order valence-corrected chi connectivity index (χ2v) is 10.4. The molecule has 0 saturated carbocycles. The van der Waals surface area contributed by atoms with Crippen LogP contribution in [0.25, 0.3) is 10.1 Å². The van der Waals surface area contributed by atoms with Crippen LogP contribution in [-0.2, 0) is 24.3 Å². The van der Waals surface area contributed by atoms with E-state index in [2.05, 4.69) is 5.32 Å². The molecule has 0 bridgehead atoms. The third-order valence-corrected chi connectivity index (χ3v) is 7.77. The fraction of sp³-hybridized carbons (Fsp3) is 0.129. The molecule has 0 aliphatic rings. The summed E-state index contributed by atoms with van der Waals surface area (Å²) >= 11 is 1.19. The third-order valence-electron chi connectivity index (χ3n) is 6.65. The van der Waals surface area contributed by atoms with Crippen LogP contribution in [0, 0.1) is 0 Å². The van der Waals surface area contributed by atoms with Gasteiger partial charge in [0.2, 0.25) is 0 Å². The number of amides is 1. The zero-order valence-corrected chi connectivity index (χ0v) is 21.5. The van der Waals surface area contributed by atoms with Crippen molar-refractivity contribution in [1.29, 1.82) is 0 Å². The monoisotopic (exact) mass is 569 g/mol. The molecule has 1 heterocycles. The highest BCUT2D eigenvalue weighted by Gasteiger charge is 2.41. The highest BCUT2D eigenvalue weighted by Crippen LogP contribution is 2.40. The van der Waals surface area contributed by atoms with Gasteiger partial charge in [-0.1, -0.05) is 72.8 Å². The van der Waals surface area contributed by atoms with Gasteiger partial charge in [-0.2, -0.15) is 26.3 Å². The summed E-state index contributed by atoms with van der Waals surface area (Å²) in [4.78, 5) is 14.1. The number of carbonyl (C=O) groups is 1. The van der Waals surface area contributed by atoms with Crippen molar-refractivity contribution < 1.29 is 31.1 Å². The Morgan fingerprint density at radius 3 is 1.70 bits per heavy atom. The smallest absolute Gasteiger partial charge is 0.337 e. The van der Waals surface area contributed by atoms with Crippen LogP contribution in [-0.4, -0.2) is 5.91 Å². The summed E-state index contributed by atoms with van der Waals surface area (Å²) < 4.78 is 83.7. The van der Waals surface area contributed by atoms with Gasteiger partial charge in [0, 0.05) is 11.1 Å². The first kappa shape index (κ1) is 27.5. The molecule has 0 atom stereocenters. The maximum Gasteiger partial charge on any atom is 0.416 e. The summed E-state index contributed by atoms with van der Waals surface area (Å²) in [5.74, 6) is -0.619. The largest absolute Gasteiger partial charge is 0.416 e. The van der Waals surface area contributed by atoms with Crippen molar-refractivity contribution in [3.05, 3.63) is 142 Å². The Morgan fingerprint density at radius 2 is 1.15 bits per heavy atom. The van der Waals surface area contributed by atoms with Crippen molar-refractivity contribution >= 4 is 27.3 Å². The molecule has 40 heavy (non-hydrogen) atoms. The molecule has 5 rings (SSSR count). The summed E-state index contributed by atoms with van der Waals surface area (Å²) in [6.45, 7) is 0. The van der Waals surface area contributed by atoms with Gasteiger partial charge in [0.05, 0.1) is 21.5 Å². The minimum absolute atomic E-state index is 0.0000336. The number of halogens is 6. The highest BCUT2D eigenvalue weighted by atomic mass is 32.1. The second kappa shape index (κ2) is 10.5. The van der Waals surface area contributed by atoms with Gasteiger partial charge in [-0.05, 0) is 58.5 Å². The van der Waals surface area contributed by atoms with E-state index in [0.29, 0.717) is 5.56 Å². The summed E-state index contributed by atoms with van der Waals surface area (Å²) in [5.41, 5.74) is -3.14. The van der Waals surface area contributed by atoms with Gasteiger partial charge in [0.25, 0.3) is 5.91 Å². The molecule has 0 aliphatic heterocycles. The minimum atomic E-state index is -4.71. The van der Waals surface area contributed by atoms with Crippen molar-refractivity contribution in [3.8, 4) is 0 Å². The van der Waals surface area contributed by atoms with Gasteiger partial charge in [0.15, 0.2) is 0 Å². The van der Waals surface area contributed by atoms with Crippen LogP contribution in [0.3, 0.4) is 0 Å². The number of hydrogen-bond donors (Lipinski definition) is 1. The molecular weight excluding hydrogens is 548 g/mol. The molecule has 5 aromatic rings. The Bertz CT molecular complexity index is 1570. The van der Waals surface area contributed by atoms with E-state index in [1.54, 1.807) is 36.4 Å².